The number of hydrogen-bond donors (Lipinski definition) is 2. The number of primary amides is 1. The first-order valence-corrected chi connectivity index (χ1v) is 5.85. The van der Waals surface area contributed by atoms with Gasteiger partial charge in [-0.2, -0.15) is 0 Å². The zero-order chi connectivity index (χ0) is 11.4. The summed E-state index contributed by atoms with van der Waals surface area (Å²) < 4.78 is 0. The lowest BCUT2D eigenvalue weighted by Gasteiger charge is -2.16. The maximum atomic E-state index is 10.6. The number of carbonyl (C=O) groups excluding carboxylic acids is 1. The maximum Gasteiger partial charge on any atom is 0.231 e. The van der Waals surface area contributed by atoms with Crippen LogP contribution < -0.4 is 11.1 Å². The number of amides is 1. The minimum atomic E-state index is -0.307. The summed E-state index contributed by atoms with van der Waals surface area (Å²) in [6.45, 7) is 0.966. The predicted octanol–water partition coefficient (Wildman–Crippen LogP) is 1.14. The Balaban J connectivity index is 1.97. The minimum absolute atomic E-state index is 0.247. The van der Waals surface area contributed by atoms with Crippen molar-refractivity contribution in [3.05, 3.63) is 34.9 Å². The Labute approximate surface area is 96.0 Å². The molecule has 0 atom stereocenters. The third-order valence-corrected chi connectivity index (χ3v) is 3.04. The summed E-state index contributed by atoms with van der Waals surface area (Å²) in [6, 6.07) is 6.61. The summed E-state index contributed by atoms with van der Waals surface area (Å²) in [6.07, 6.45) is 5.01. The van der Waals surface area contributed by atoms with Gasteiger partial charge in [-0.1, -0.05) is 18.2 Å². The third kappa shape index (κ3) is 2.83. The van der Waals surface area contributed by atoms with Gasteiger partial charge >= 0.3 is 0 Å². The molecule has 3 nitrogen and oxygen atoms in total. The monoisotopic (exact) mass is 218 g/mol. The molecule has 3 heteroatoms. The molecule has 1 amide bonds. The van der Waals surface area contributed by atoms with Gasteiger partial charge in [0.15, 0.2) is 0 Å². The van der Waals surface area contributed by atoms with Crippen LogP contribution in [0.4, 0.5) is 0 Å². The van der Waals surface area contributed by atoms with E-state index in [4.69, 9.17) is 5.73 Å². The molecule has 0 spiro atoms. The highest BCUT2D eigenvalue weighted by Gasteiger charge is 2.09. The zero-order valence-corrected chi connectivity index (χ0v) is 9.46. The normalized spacial score (nSPS) is 14.5. The summed E-state index contributed by atoms with van der Waals surface area (Å²) >= 11 is 0. The van der Waals surface area contributed by atoms with Crippen LogP contribution in [0.15, 0.2) is 18.2 Å². The highest BCUT2D eigenvalue weighted by molar-refractivity contribution is 5.75. The maximum absolute atomic E-state index is 10.6. The minimum Gasteiger partial charge on any atom is -0.369 e. The van der Waals surface area contributed by atoms with Crippen LogP contribution in [0, 0.1) is 0 Å². The Hall–Kier alpha value is -1.35. The van der Waals surface area contributed by atoms with E-state index in [-0.39, 0.29) is 12.5 Å². The van der Waals surface area contributed by atoms with Crippen LogP contribution in [-0.2, 0) is 24.2 Å². The van der Waals surface area contributed by atoms with Gasteiger partial charge in [0, 0.05) is 6.54 Å². The van der Waals surface area contributed by atoms with Crippen LogP contribution in [0.2, 0.25) is 0 Å². The standard InChI is InChI=1S/C13H18N2O/c14-13(16)9-15-8-10-5-6-11-3-1-2-4-12(11)7-10/h5-7,15H,1-4,8-9H2,(H2,14,16). The summed E-state index contributed by atoms with van der Waals surface area (Å²) in [5.41, 5.74) is 9.27. The lowest BCUT2D eigenvalue weighted by molar-refractivity contribution is -0.117. The Morgan fingerprint density at radius 1 is 1.25 bits per heavy atom. The van der Waals surface area contributed by atoms with Crippen molar-refractivity contribution in [2.45, 2.75) is 32.2 Å². The van der Waals surface area contributed by atoms with Gasteiger partial charge in [0.05, 0.1) is 6.54 Å². The molecule has 1 aliphatic rings. The van der Waals surface area contributed by atoms with Crippen LogP contribution in [-0.4, -0.2) is 12.5 Å². The molecule has 1 aromatic rings. The second kappa shape index (κ2) is 5.12. The third-order valence-electron chi connectivity index (χ3n) is 3.04. The van der Waals surface area contributed by atoms with Gasteiger partial charge in [-0.25, -0.2) is 0 Å². The van der Waals surface area contributed by atoms with Crippen LogP contribution in [0.5, 0.6) is 0 Å². The number of nitrogens with two attached hydrogens (primary N) is 1. The summed E-state index contributed by atoms with van der Waals surface area (Å²) in [7, 11) is 0. The quantitative estimate of drug-likeness (QED) is 0.796. The van der Waals surface area contributed by atoms with Crippen molar-refractivity contribution in [2.75, 3.05) is 6.54 Å². The lowest BCUT2D eigenvalue weighted by atomic mass is 9.90. The Morgan fingerprint density at radius 2 is 2.00 bits per heavy atom. The van der Waals surface area contributed by atoms with E-state index in [1.807, 2.05) is 0 Å². The van der Waals surface area contributed by atoms with E-state index >= 15 is 0 Å². The van der Waals surface area contributed by atoms with E-state index in [9.17, 15) is 4.79 Å². The average Bonchev–Trinajstić information content (AvgIpc) is 2.28. The summed E-state index contributed by atoms with van der Waals surface area (Å²) in [5.74, 6) is -0.307. The fourth-order valence-electron chi connectivity index (χ4n) is 2.23. The molecule has 86 valence electrons. The fraction of sp³-hybridized carbons (Fsp3) is 0.462. The van der Waals surface area contributed by atoms with E-state index in [2.05, 4.69) is 23.5 Å². The Bertz CT molecular complexity index is 388. The molecule has 1 aromatic carbocycles. The SMILES string of the molecule is NC(=O)CNCc1ccc2c(c1)CCCC2. The number of aryl methyl sites for hydroxylation is 2. The van der Waals surface area contributed by atoms with Gasteiger partial charge < -0.3 is 11.1 Å². The molecule has 0 aliphatic heterocycles. The molecule has 0 heterocycles. The topological polar surface area (TPSA) is 55.1 Å². The second-order valence-electron chi connectivity index (χ2n) is 4.38. The molecular weight excluding hydrogens is 200 g/mol. The first-order valence-electron chi connectivity index (χ1n) is 5.85. The molecule has 0 bridgehead atoms. The number of benzene rings is 1. The number of fused-ring (bicyclic) bond motifs is 1. The van der Waals surface area contributed by atoms with Crippen LogP contribution in [0.25, 0.3) is 0 Å². The molecule has 1 aliphatic carbocycles. The van der Waals surface area contributed by atoms with Crippen molar-refractivity contribution >= 4 is 5.91 Å². The largest absolute Gasteiger partial charge is 0.369 e. The number of hydrogen-bond acceptors (Lipinski definition) is 2. The Morgan fingerprint density at radius 3 is 2.75 bits per heavy atom. The molecule has 0 aromatic heterocycles. The van der Waals surface area contributed by atoms with Crippen molar-refractivity contribution in [1.82, 2.24) is 5.32 Å². The van der Waals surface area contributed by atoms with Crippen molar-refractivity contribution < 1.29 is 4.79 Å². The van der Waals surface area contributed by atoms with Gasteiger partial charge in [-0.05, 0) is 42.4 Å². The fourth-order valence-corrected chi connectivity index (χ4v) is 2.23. The highest BCUT2D eigenvalue weighted by Crippen LogP contribution is 2.22. The first kappa shape index (κ1) is 11.1. The van der Waals surface area contributed by atoms with Crippen LogP contribution in [0.1, 0.15) is 29.5 Å². The molecule has 0 radical (unpaired) electrons. The molecule has 0 unspecified atom stereocenters. The summed E-state index contributed by atoms with van der Waals surface area (Å²) in [4.78, 5) is 10.6. The van der Waals surface area contributed by atoms with Gasteiger partial charge in [-0.3, -0.25) is 4.79 Å². The smallest absolute Gasteiger partial charge is 0.231 e. The van der Waals surface area contributed by atoms with Gasteiger partial charge in [0.1, 0.15) is 0 Å². The molecule has 16 heavy (non-hydrogen) atoms. The van der Waals surface area contributed by atoms with Crippen molar-refractivity contribution in [3.63, 3.8) is 0 Å². The van der Waals surface area contributed by atoms with Gasteiger partial charge in [0.2, 0.25) is 5.91 Å². The van der Waals surface area contributed by atoms with Crippen molar-refractivity contribution in [1.29, 1.82) is 0 Å². The highest BCUT2D eigenvalue weighted by atomic mass is 16.1. The Kier molecular flexibility index (Phi) is 3.57. The van der Waals surface area contributed by atoms with E-state index < -0.39 is 0 Å². The zero-order valence-electron chi connectivity index (χ0n) is 9.46. The van der Waals surface area contributed by atoms with E-state index in [1.165, 1.54) is 42.4 Å². The second-order valence-corrected chi connectivity index (χ2v) is 4.38. The molecule has 2 rings (SSSR count). The first-order chi connectivity index (χ1) is 7.75. The predicted molar refractivity (Wildman–Crippen MR) is 64.0 cm³/mol. The molecular formula is C13H18N2O. The molecule has 3 N–H and O–H groups in total. The summed E-state index contributed by atoms with van der Waals surface area (Å²) in [5, 5.41) is 3.03. The van der Waals surface area contributed by atoms with E-state index in [1.54, 1.807) is 0 Å². The van der Waals surface area contributed by atoms with E-state index in [0.29, 0.717) is 0 Å². The van der Waals surface area contributed by atoms with Crippen molar-refractivity contribution in [2.24, 2.45) is 5.73 Å². The van der Waals surface area contributed by atoms with Crippen LogP contribution in [0.3, 0.4) is 0 Å². The molecule has 0 saturated heterocycles. The van der Waals surface area contributed by atoms with Crippen molar-refractivity contribution in [3.8, 4) is 0 Å². The number of nitrogens with one attached hydrogen (secondary N) is 1. The number of rotatable bonds is 4. The average molecular weight is 218 g/mol. The number of carbonyl (C=O) groups is 1. The molecule has 0 saturated carbocycles. The lowest BCUT2D eigenvalue weighted by Crippen LogP contribution is -2.28. The van der Waals surface area contributed by atoms with Gasteiger partial charge in [-0.15, -0.1) is 0 Å². The van der Waals surface area contributed by atoms with Crippen LogP contribution >= 0.6 is 0 Å². The molecule has 0 fully saturated rings. The van der Waals surface area contributed by atoms with E-state index in [0.717, 1.165) is 6.54 Å². The van der Waals surface area contributed by atoms with Gasteiger partial charge in [0.25, 0.3) is 0 Å².